The molecule has 1 aromatic carbocycles. The van der Waals surface area contributed by atoms with Crippen molar-refractivity contribution in [3.05, 3.63) is 35.1 Å². The fraction of sp³-hybridized carbons (Fsp3) is 0.462. The molecule has 0 bridgehead atoms. The van der Waals surface area contributed by atoms with Crippen molar-refractivity contribution in [3.8, 4) is 0 Å². The molecule has 1 atom stereocenters. The van der Waals surface area contributed by atoms with Gasteiger partial charge in [0.25, 0.3) is 0 Å². The Morgan fingerprint density at radius 3 is 2.78 bits per heavy atom. The molecule has 18 heavy (non-hydrogen) atoms. The van der Waals surface area contributed by atoms with Crippen LogP contribution in [0.2, 0.25) is 0 Å². The van der Waals surface area contributed by atoms with E-state index in [-0.39, 0.29) is 18.3 Å². The molecule has 100 valence electrons. The molecule has 0 aliphatic heterocycles. The van der Waals surface area contributed by atoms with E-state index in [1.807, 2.05) is 13.8 Å². The first kappa shape index (κ1) is 14.6. The van der Waals surface area contributed by atoms with Gasteiger partial charge < -0.3 is 14.6 Å². The third-order valence-electron chi connectivity index (χ3n) is 2.30. The van der Waals surface area contributed by atoms with Gasteiger partial charge in [0.05, 0.1) is 24.9 Å². The largest absolute Gasteiger partial charge is 0.478 e. The predicted molar refractivity (Wildman–Crippen MR) is 64.1 cm³/mol. The van der Waals surface area contributed by atoms with Crippen LogP contribution in [0, 0.1) is 5.82 Å². The minimum atomic E-state index is -1.15. The normalized spacial score (nSPS) is 12.4. The first-order chi connectivity index (χ1) is 8.52. The highest BCUT2D eigenvalue weighted by molar-refractivity contribution is 5.87. The zero-order valence-electron chi connectivity index (χ0n) is 10.5. The number of hydrogen-bond donors (Lipinski definition) is 1. The summed E-state index contributed by atoms with van der Waals surface area (Å²) in [6.07, 6.45) is -0.124. The summed E-state index contributed by atoms with van der Waals surface area (Å²) in [5.41, 5.74) is 0.418. The highest BCUT2D eigenvalue weighted by atomic mass is 19.1. The summed E-state index contributed by atoms with van der Waals surface area (Å²) in [6, 6.07) is 3.65. The SMILES string of the molecule is CCOCC(C)OCc1cc(F)cc(C(=O)O)c1. The Morgan fingerprint density at radius 1 is 1.44 bits per heavy atom. The number of ether oxygens (including phenoxy) is 2. The molecule has 1 aromatic rings. The lowest BCUT2D eigenvalue weighted by molar-refractivity contribution is -0.0117. The summed E-state index contributed by atoms with van der Waals surface area (Å²) < 4.78 is 23.8. The molecule has 1 unspecified atom stereocenters. The quantitative estimate of drug-likeness (QED) is 0.814. The zero-order valence-corrected chi connectivity index (χ0v) is 10.5. The molecule has 4 nitrogen and oxygen atoms in total. The Balaban J connectivity index is 2.59. The van der Waals surface area contributed by atoms with Crippen LogP contribution in [0.15, 0.2) is 18.2 Å². The van der Waals surface area contributed by atoms with Gasteiger partial charge in [-0.15, -0.1) is 0 Å². The number of carbonyl (C=O) groups is 1. The second-order valence-corrected chi connectivity index (χ2v) is 3.93. The number of halogens is 1. The second-order valence-electron chi connectivity index (χ2n) is 3.93. The fourth-order valence-corrected chi connectivity index (χ4v) is 1.43. The van der Waals surface area contributed by atoms with Crippen molar-refractivity contribution >= 4 is 5.97 Å². The maximum Gasteiger partial charge on any atom is 0.335 e. The minimum absolute atomic E-state index is 0.0777. The summed E-state index contributed by atoms with van der Waals surface area (Å²) >= 11 is 0. The van der Waals surface area contributed by atoms with Crippen LogP contribution in [0.3, 0.4) is 0 Å². The molecule has 1 N–H and O–H groups in total. The first-order valence-corrected chi connectivity index (χ1v) is 5.75. The lowest BCUT2D eigenvalue weighted by Gasteiger charge is -2.13. The molecule has 0 spiro atoms. The number of rotatable bonds is 7. The van der Waals surface area contributed by atoms with Crippen LogP contribution < -0.4 is 0 Å². The van der Waals surface area contributed by atoms with Gasteiger partial charge in [-0.05, 0) is 37.6 Å². The van der Waals surface area contributed by atoms with Crippen LogP contribution in [-0.2, 0) is 16.1 Å². The second kappa shape index (κ2) is 7.08. The minimum Gasteiger partial charge on any atom is -0.478 e. The Bertz CT molecular complexity index is 406. The lowest BCUT2D eigenvalue weighted by atomic mass is 10.1. The van der Waals surface area contributed by atoms with Gasteiger partial charge in [0.15, 0.2) is 0 Å². The number of carboxylic acids is 1. The molecule has 0 aromatic heterocycles. The Morgan fingerprint density at radius 2 is 2.17 bits per heavy atom. The number of aromatic carboxylic acids is 1. The van der Waals surface area contributed by atoms with E-state index in [4.69, 9.17) is 14.6 Å². The van der Waals surface area contributed by atoms with Crippen LogP contribution in [0.5, 0.6) is 0 Å². The average Bonchev–Trinajstić information content (AvgIpc) is 2.33. The summed E-state index contributed by atoms with van der Waals surface area (Å²) in [5, 5.41) is 8.80. The van der Waals surface area contributed by atoms with Crippen molar-refractivity contribution in [2.24, 2.45) is 0 Å². The van der Waals surface area contributed by atoms with E-state index in [1.54, 1.807) is 0 Å². The molecule has 0 saturated carbocycles. The van der Waals surface area contributed by atoms with Crippen molar-refractivity contribution < 1.29 is 23.8 Å². The molecule has 0 amide bonds. The highest BCUT2D eigenvalue weighted by Crippen LogP contribution is 2.11. The smallest absolute Gasteiger partial charge is 0.335 e. The van der Waals surface area contributed by atoms with E-state index in [0.29, 0.717) is 18.8 Å². The molecule has 0 aliphatic carbocycles. The van der Waals surface area contributed by atoms with Gasteiger partial charge >= 0.3 is 5.97 Å². The van der Waals surface area contributed by atoms with Gasteiger partial charge in [-0.3, -0.25) is 0 Å². The van der Waals surface area contributed by atoms with Crippen molar-refractivity contribution in [2.75, 3.05) is 13.2 Å². The molecule has 1 rings (SSSR count). The van der Waals surface area contributed by atoms with E-state index < -0.39 is 11.8 Å². The van der Waals surface area contributed by atoms with Gasteiger partial charge in [-0.1, -0.05) is 0 Å². The third kappa shape index (κ3) is 4.81. The molecule has 0 aliphatic rings. The van der Waals surface area contributed by atoms with Crippen LogP contribution in [0.4, 0.5) is 4.39 Å². The summed E-state index contributed by atoms with van der Waals surface area (Å²) in [4.78, 5) is 10.8. The summed E-state index contributed by atoms with van der Waals surface area (Å²) in [7, 11) is 0. The van der Waals surface area contributed by atoms with Gasteiger partial charge in [-0.25, -0.2) is 9.18 Å². The monoisotopic (exact) mass is 256 g/mol. The van der Waals surface area contributed by atoms with E-state index in [0.717, 1.165) is 6.07 Å². The summed E-state index contributed by atoms with van der Waals surface area (Å²) in [6.45, 7) is 4.95. The molecule has 5 heteroatoms. The lowest BCUT2D eigenvalue weighted by Crippen LogP contribution is -2.16. The van der Waals surface area contributed by atoms with Crippen LogP contribution >= 0.6 is 0 Å². The topological polar surface area (TPSA) is 55.8 Å². The van der Waals surface area contributed by atoms with Crippen molar-refractivity contribution in [1.29, 1.82) is 0 Å². The Kier molecular flexibility index (Phi) is 5.74. The van der Waals surface area contributed by atoms with Crippen LogP contribution in [0.1, 0.15) is 29.8 Å². The predicted octanol–water partition coefficient (Wildman–Crippen LogP) is 2.47. The van der Waals surface area contributed by atoms with E-state index in [9.17, 15) is 9.18 Å². The average molecular weight is 256 g/mol. The number of carboxylic acid groups (broad SMARTS) is 1. The molecule has 0 heterocycles. The molecular weight excluding hydrogens is 239 g/mol. The first-order valence-electron chi connectivity index (χ1n) is 5.75. The van der Waals surface area contributed by atoms with Gasteiger partial charge in [-0.2, -0.15) is 0 Å². The van der Waals surface area contributed by atoms with Crippen LogP contribution in [-0.4, -0.2) is 30.4 Å². The zero-order chi connectivity index (χ0) is 13.5. The Hall–Kier alpha value is -1.46. The molecular formula is C13H17FO4. The molecule has 0 fully saturated rings. The molecule has 0 radical (unpaired) electrons. The fourth-order valence-electron chi connectivity index (χ4n) is 1.43. The third-order valence-corrected chi connectivity index (χ3v) is 2.30. The highest BCUT2D eigenvalue weighted by Gasteiger charge is 2.08. The maximum atomic E-state index is 13.2. The molecule has 0 saturated heterocycles. The van der Waals surface area contributed by atoms with Crippen molar-refractivity contribution in [3.63, 3.8) is 0 Å². The van der Waals surface area contributed by atoms with Crippen molar-refractivity contribution in [2.45, 2.75) is 26.6 Å². The standard InChI is InChI=1S/C13H17FO4/c1-3-17-7-9(2)18-8-10-4-11(13(15)16)6-12(14)5-10/h4-6,9H,3,7-8H2,1-2H3,(H,15,16). The maximum absolute atomic E-state index is 13.2. The van der Waals surface area contributed by atoms with Gasteiger partial charge in [0, 0.05) is 6.61 Å². The number of hydrogen-bond acceptors (Lipinski definition) is 3. The summed E-state index contributed by atoms with van der Waals surface area (Å²) in [5.74, 6) is -1.73. The Labute approximate surface area is 105 Å². The van der Waals surface area contributed by atoms with Gasteiger partial charge in [0.2, 0.25) is 0 Å². The van der Waals surface area contributed by atoms with Crippen molar-refractivity contribution in [1.82, 2.24) is 0 Å². The van der Waals surface area contributed by atoms with Gasteiger partial charge in [0.1, 0.15) is 5.82 Å². The van der Waals surface area contributed by atoms with E-state index in [2.05, 4.69) is 0 Å². The van der Waals surface area contributed by atoms with E-state index in [1.165, 1.54) is 12.1 Å². The number of benzene rings is 1. The van der Waals surface area contributed by atoms with Crippen LogP contribution in [0.25, 0.3) is 0 Å². The van der Waals surface area contributed by atoms with E-state index >= 15 is 0 Å².